The lowest BCUT2D eigenvalue weighted by molar-refractivity contribution is 0.414. The zero-order chi connectivity index (χ0) is 15.1. The van der Waals surface area contributed by atoms with Crippen molar-refractivity contribution >= 4 is 23.5 Å². The standard InChI is InChI=1S/C14H18ClN5O/c1-3-16-13-18-12(15)19-14(20-13)17-9-8-10-4-6-11(21-2)7-5-10/h4-7H,3,8-9H2,1-2H3,(H2,16,17,18,19,20). The normalized spacial score (nSPS) is 10.2. The van der Waals surface area contributed by atoms with Crippen LogP contribution in [0, 0.1) is 0 Å². The van der Waals surface area contributed by atoms with Crippen LogP contribution in [0.2, 0.25) is 5.28 Å². The van der Waals surface area contributed by atoms with E-state index in [0.29, 0.717) is 18.4 Å². The maximum absolute atomic E-state index is 5.86. The zero-order valence-electron chi connectivity index (χ0n) is 12.1. The van der Waals surface area contributed by atoms with Crippen LogP contribution in [-0.4, -0.2) is 35.2 Å². The van der Waals surface area contributed by atoms with Gasteiger partial charge in [0.25, 0.3) is 0 Å². The van der Waals surface area contributed by atoms with Gasteiger partial charge in [0.05, 0.1) is 7.11 Å². The van der Waals surface area contributed by atoms with Crippen molar-refractivity contribution in [3.05, 3.63) is 35.1 Å². The van der Waals surface area contributed by atoms with Gasteiger partial charge in [0.1, 0.15) is 5.75 Å². The first kappa shape index (κ1) is 15.3. The lowest BCUT2D eigenvalue weighted by Gasteiger charge is -2.07. The second-order valence-corrected chi connectivity index (χ2v) is 4.64. The summed E-state index contributed by atoms with van der Waals surface area (Å²) in [6.07, 6.45) is 0.851. The fraction of sp³-hybridized carbons (Fsp3) is 0.357. The first-order chi connectivity index (χ1) is 10.2. The van der Waals surface area contributed by atoms with Crippen LogP contribution in [0.1, 0.15) is 12.5 Å². The van der Waals surface area contributed by atoms with Crippen molar-refractivity contribution in [3.8, 4) is 5.75 Å². The number of hydrogen-bond donors (Lipinski definition) is 2. The topological polar surface area (TPSA) is 72.0 Å². The highest BCUT2D eigenvalue weighted by atomic mass is 35.5. The second kappa shape index (κ2) is 7.64. The number of aromatic nitrogens is 3. The molecule has 1 aromatic heterocycles. The molecule has 1 aromatic carbocycles. The molecule has 0 amide bonds. The summed E-state index contributed by atoms with van der Waals surface area (Å²) in [5, 5.41) is 6.33. The number of rotatable bonds is 7. The van der Waals surface area contributed by atoms with E-state index in [-0.39, 0.29) is 5.28 Å². The molecule has 1 heterocycles. The first-order valence-electron chi connectivity index (χ1n) is 6.73. The second-order valence-electron chi connectivity index (χ2n) is 4.31. The van der Waals surface area contributed by atoms with E-state index in [2.05, 4.69) is 25.6 Å². The van der Waals surface area contributed by atoms with Crippen molar-refractivity contribution < 1.29 is 4.74 Å². The van der Waals surface area contributed by atoms with E-state index in [1.165, 1.54) is 5.56 Å². The third-order valence-corrected chi connectivity index (χ3v) is 2.97. The van der Waals surface area contributed by atoms with Gasteiger partial charge in [-0.25, -0.2) is 0 Å². The Kier molecular flexibility index (Phi) is 5.57. The minimum Gasteiger partial charge on any atom is -0.497 e. The zero-order valence-corrected chi connectivity index (χ0v) is 12.8. The molecule has 0 atom stereocenters. The van der Waals surface area contributed by atoms with Crippen molar-refractivity contribution in [1.29, 1.82) is 0 Å². The molecule has 7 heteroatoms. The number of nitrogens with one attached hydrogen (secondary N) is 2. The third kappa shape index (κ3) is 4.75. The molecule has 0 spiro atoms. The monoisotopic (exact) mass is 307 g/mol. The molecule has 2 aromatic rings. The number of hydrogen-bond acceptors (Lipinski definition) is 6. The highest BCUT2D eigenvalue weighted by Crippen LogP contribution is 2.12. The lowest BCUT2D eigenvalue weighted by atomic mass is 10.1. The number of methoxy groups -OCH3 is 1. The molecular formula is C14H18ClN5O. The molecule has 21 heavy (non-hydrogen) atoms. The smallest absolute Gasteiger partial charge is 0.228 e. The van der Waals surface area contributed by atoms with E-state index in [1.54, 1.807) is 7.11 Å². The van der Waals surface area contributed by atoms with Crippen molar-refractivity contribution in [2.75, 3.05) is 30.8 Å². The molecule has 0 radical (unpaired) electrons. The summed E-state index contributed by atoms with van der Waals surface area (Å²) in [6.45, 7) is 3.40. The summed E-state index contributed by atoms with van der Waals surface area (Å²) in [5.41, 5.74) is 1.20. The van der Waals surface area contributed by atoms with E-state index < -0.39 is 0 Å². The van der Waals surface area contributed by atoms with Crippen LogP contribution >= 0.6 is 11.6 Å². The third-order valence-electron chi connectivity index (χ3n) is 2.80. The van der Waals surface area contributed by atoms with Gasteiger partial charge >= 0.3 is 0 Å². The van der Waals surface area contributed by atoms with Gasteiger partial charge in [-0.05, 0) is 42.6 Å². The maximum Gasteiger partial charge on any atom is 0.228 e. The molecular weight excluding hydrogens is 290 g/mol. The summed E-state index contributed by atoms with van der Waals surface area (Å²) < 4.78 is 5.13. The largest absolute Gasteiger partial charge is 0.497 e. The highest BCUT2D eigenvalue weighted by molar-refractivity contribution is 6.28. The number of ether oxygens (including phenoxy) is 1. The van der Waals surface area contributed by atoms with E-state index in [9.17, 15) is 0 Å². The number of nitrogens with zero attached hydrogens (tertiary/aromatic N) is 3. The Balaban J connectivity index is 1.90. The predicted molar refractivity (Wildman–Crippen MR) is 84.2 cm³/mol. The van der Waals surface area contributed by atoms with Gasteiger partial charge in [0.15, 0.2) is 0 Å². The Labute approximate surface area is 128 Å². The molecule has 2 rings (SSSR count). The SMILES string of the molecule is CCNc1nc(Cl)nc(NCCc2ccc(OC)cc2)n1. The Bertz CT molecular complexity index is 576. The van der Waals surface area contributed by atoms with E-state index in [4.69, 9.17) is 16.3 Å². The molecule has 112 valence electrons. The van der Waals surface area contributed by atoms with Crippen LogP contribution in [0.15, 0.2) is 24.3 Å². The van der Waals surface area contributed by atoms with Crippen molar-refractivity contribution in [3.63, 3.8) is 0 Å². The van der Waals surface area contributed by atoms with Gasteiger partial charge in [-0.1, -0.05) is 12.1 Å². The Morgan fingerprint density at radius 2 is 1.71 bits per heavy atom. The quantitative estimate of drug-likeness (QED) is 0.819. The average molecular weight is 308 g/mol. The minimum absolute atomic E-state index is 0.174. The fourth-order valence-corrected chi connectivity index (χ4v) is 1.94. The van der Waals surface area contributed by atoms with Crippen molar-refractivity contribution in [2.24, 2.45) is 0 Å². The van der Waals surface area contributed by atoms with Crippen LogP contribution in [0.25, 0.3) is 0 Å². The molecule has 0 unspecified atom stereocenters. The van der Waals surface area contributed by atoms with Crippen LogP contribution in [0.4, 0.5) is 11.9 Å². The Morgan fingerprint density at radius 3 is 2.33 bits per heavy atom. The van der Waals surface area contributed by atoms with Gasteiger partial charge in [-0.3, -0.25) is 0 Å². The van der Waals surface area contributed by atoms with Gasteiger partial charge in [-0.2, -0.15) is 15.0 Å². The minimum atomic E-state index is 0.174. The Hall–Kier alpha value is -2.08. The van der Waals surface area contributed by atoms with Gasteiger partial charge in [0.2, 0.25) is 17.2 Å². The number of halogens is 1. The van der Waals surface area contributed by atoms with E-state index >= 15 is 0 Å². The van der Waals surface area contributed by atoms with Crippen LogP contribution in [0.3, 0.4) is 0 Å². The lowest BCUT2D eigenvalue weighted by Crippen LogP contribution is -2.11. The molecule has 0 saturated heterocycles. The maximum atomic E-state index is 5.86. The summed E-state index contributed by atoms with van der Waals surface area (Å²) in [6, 6.07) is 7.95. The molecule has 0 aliphatic heterocycles. The summed E-state index contributed by atoms with van der Waals surface area (Å²) >= 11 is 5.86. The molecule has 0 aliphatic rings. The number of benzene rings is 1. The fourth-order valence-electron chi connectivity index (χ4n) is 1.78. The van der Waals surface area contributed by atoms with E-state index in [1.807, 2.05) is 31.2 Å². The Morgan fingerprint density at radius 1 is 1.05 bits per heavy atom. The summed E-state index contributed by atoms with van der Waals surface area (Å²) in [5.74, 6) is 1.80. The molecule has 0 fully saturated rings. The summed E-state index contributed by atoms with van der Waals surface area (Å²) in [4.78, 5) is 12.3. The van der Waals surface area contributed by atoms with Crippen LogP contribution in [-0.2, 0) is 6.42 Å². The van der Waals surface area contributed by atoms with Crippen molar-refractivity contribution in [2.45, 2.75) is 13.3 Å². The average Bonchev–Trinajstić information content (AvgIpc) is 2.48. The highest BCUT2D eigenvalue weighted by Gasteiger charge is 2.03. The van der Waals surface area contributed by atoms with Crippen LogP contribution < -0.4 is 15.4 Å². The van der Waals surface area contributed by atoms with Crippen LogP contribution in [0.5, 0.6) is 5.75 Å². The molecule has 2 N–H and O–H groups in total. The van der Waals surface area contributed by atoms with Gasteiger partial charge < -0.3 is 15.4 Å². The first-order valence-corrected chi connectivity index (χ1v) is 7.11. The molecule has 6 nitrogen and oxygen atoms in total. The molecule has 0 bridgehead atoms. The van der Waals surface area contributed by atoms with Crippen molar-refractivity contribution in [1.82, 2.24) is 15.0 Å². The van der Waals surface area contributed by atoms with E-state index in [0.717, 1.165) is 18.7 Å². The molecule has 0 aliphatic carbocycles. The van der Waals surface area contributed by atoms with Gasteiger partial charge in [-0.15, -0.1) is 0 Å². The summed E-state index contributed by atoms with van der Waals surface area (Å²) in [7, 11) is 1.66. The molecule has 0 saturated carbocycles. The predicted octanol–water partition coefficient (Wildman–Crippen LogP) is 2.62. The van der Waals surface area contributed by atoms with Gasteiger partial charge in [0, 0.05) is 13.1 Å². The number of anilines is 2.